The van der Waals surface area contributed by atoms with Crippen molar-refractivity contribution in [2.24, 2.45) is 5.92 Å². The van der Waals surface area contributed by atoms with E-state index in [1.165, 1.54) is 0 Å². The van der Waals surface area contributed by atoms with Crippen molar-refractivity contribution in [3.8, 4) is 0 Å². The zero-order valence-corrected chi connectivity index (χ0v) is 7.03. The highest BCUT2D eigenvalue weighted by atomic mass is 16.5. The fraction of sp³-hybridized carbons (Fsp3) is 0.778. The number of allylic oxidation sites excluding steroid dienone is 1. The van der Waals surface area contributed by atoms with Crippen LogP contribution in [0.15, 0.2) is 11.8 Å². The third-order valence-electron chi connectivity index (χ3n) is 2.38. The molecule has 0 saturated carbocycles. The van der Waals surface area contributed by atoms with Crippen molar-refractivity contribution in [3.05, 3.63) is 11.8 Å². The van der Waals surface area contributed by atoms with E-state index >= 15 is 0 Å². The second-order valence-electron chi connectivity index (χ2n) is 3.31. The molecule has 2 aliphatic rings. The zero-order valence-electron chi connectivity index (χ0n) is 7.03. The van der Waals surface area contributed by atoms with E-state index in [1.54, 1.807) is 0 Å². The Morgan fingerprint density at radius 1 is 1.42 bits per heavy atom. The summed E-state index contributed by atoms with van der Waals surface area (Å²) in [4.78, 5) is 0. The summed E-state index contributed by atoms with van der Waals surface area (Å²) in [5.41, 5.74) is 0. The molecular weight excluding hydrogens is 156 g/mol. The molecule has 1 N–H and O–H groups in total. The lowest BCUT2D eigenvalue weighted by Gasteiger charge is -2.21. The van der Waals surface area contributed by atoms with Crippen LogP contribution in [0, 0.1) is 5.92 Å². The summed E-state index contributed by atoms with van der Waals surface area (Å²) in [6.45, 7) is 1.84. The van der Waals surface area contributed by atoms with Gasteiger partial charge in [0, 0.05) is 0 Å². The first-order chi connectivity index (χ1) is 5.88. The molecule has 0 radical (unpaired) electrons. The van der Waals surface area contributed by atoms with Crippen LogP contribution < -0.4 is 0 Å². The second-order valence-corrected chi connectivity index (χ2v) is 3.31. The molecule has 0 aliphatic carbocycles. The molecule has 0 aromatic carbocycles. The van der Waals surface area contributed by atoms with Crippen LogP contribution in [0.4, 0.5) is 0 Å². The van der Waals surface area contributed by atoms with Gasteiger partial charge in [0.25, 0.3) is 0 Å². The molecule has 1 saturated heterocycles. The Morgan fingerprint density at radius 3 is 2.92 bits per heavy atom. The highest BCUT2D eigenvalue weighted by Gasteiger charge is 2.31. The number of hydrogen-bond acceptors (Lipinski definition) is 3. The van der Waals surface area contributed by atoms with E-state index in [0.717, 1.165) is 25.2 Å². The maximum absolute atomic E-state index is 9.50. The van der Waals surface area contributed by atoms with Gasteiger partial charge in [0.15, 0.2) is 0 Å². The van der Waals surface area contributed by atoms with Crippen molar-refractivity contribution < 1.29 is 14.6 Å². The Hall–Kier alpha value is -0.540. The quantitative estimate of drug-likeness (QED) is 0.629. The van der Waals surface area contributed by atoms with Crippen molar-refractivity contribution in [2.45, 2.75) is 18.9 Å². The first-order valence-corrected chi connectivity index (χ1v) is 4.46. The predicted molar refractivity (Wildman–Crippen MR) is 43.6 cm³/mol. The average Bonchev–Trinajstić information content (AvgIpc) is 2.53. The Balaban J connectivity index is 2.02. The summed E-state index contributed by atoms with van der Waals surface area (Å²) >= 11 is 0. The van der Waals surface area contributed by atoms with Crippen molar-refractivity contribution >= 4 is 0 Å². The molecule has 1 fully saturated rings. The van der Waals surface area contributed by atoms with E-state index in [9.17, 15) is 5.11 Å². The maximum Gasteiger partial charge on any atom is 0.100 e. The molecule has 2 unspecified atom stereocenters. The second kappa shape index (κ2) is 3.46. The minimum absolute atomic E-state index is 0.0882. The summed E-state index contributed by atoms with van der Waals surface area (Å²) < 4.78 is 10.6. The molecule has 68 valence electrons. The van der Waals surface area contributed by atoms with E-state index < -0.39 is 0 Å². The number of hydrogen-bond donors (Lipinski definition) is 1. The summed E-state index contributed by atoms with van der Waals surface area (Å²) in [5.74, 6) is 1.02. The molecule has 0 amide bonds. The maximum atomic E-state index is 9.50. The van der Waals surface area contributed by atoms with Gasteiger partial charge in [-0.25, -0.2) is 0 Å². The van der Waals surface area contributed by atoms with Crippen molar-refractivity contribution in [1.82, 2.24) is 0 Å². The van der Waals surface area contributed by atoms with Gasteiger partial charge < -0.3 is 14.6 Å². The molecule has 3 nitrogen and oxygen atoms in total. The van der Waals surface area contributed by atoms with Gasteiger partial charge in [-0.1, -0.05) is 0 Å². The van der Waals surface area contributed by atoms with E-state index in [1.807, 2.05) is 0 Å². The van der Waals surface area contributed by atoms with Crippen molar-refractivity contribution in [2.75, 3.05) is 19.8 Å². The van der Waals surface area contributed by atoms with Gasteiger partial charge in [-0.15, -0.1) is 0 Å². The number of rotatable bonds is 1. The van der Waals surface area contributed by atoms with Gasteiger partial charge in [-0.05, 0) is 18.9 Å². The fourth-order valence-corrected chi connectivity index (χ4v) is 1.65. The molecule has 0 spiro atoms. The van der Waals surface area contributed by atoms with Gasteiger partial charge in [0.2, 0.25) is 0 Å². The highest BCUT2D eigenvalue weighted by Crippen LogP contribution is 2.25. The molecule has 2 heterocycles. The highest BCUT2D eigenvalue weighted by molar-refractivity contribution is 5.05. The first kappa shape index (κ1) is 8.08. The minimum atomic E-state index is -0.366. The molecule has 0 bridgehead atoms. The van der Waals surface area contributed by atoms with Crippen LogP contribution in [0.5, 0.6) is 0 Å². The molecule has 3 heteroatoms. The molecule has 2 atom stereocenters. The number of ether oxygens (including phenoxy) is 2. The minimum Gasteiger partial charge on any atom is -0.498 e. The lowest BCUT2D eigenvalue weighted by molar-refractivity contribution is 0.0961. The van der Waals surface area contributed by atoms with E-state index in [-0.39, 0.29) is 12.0 Å². The molecule has 0 aromatic heterocycles. The van der Waals surface area contributed by atoms with E-state index in [4.69, 9.17) is 9.47 Å². The average molecular weight is 170 g/mol. The first-order valence-electron chi connectivity index (χ1n) is 4.46. The molecule has 12 heavy (non-hydrogen) atoms. The van der Waals surface area contributed by atoms with Crippen LogP contribution in [0.3, 0.4) is 0 Å². The third kappa shape index (κ3) is 1.47. The standard InChI is InChI=1S/C9H14O3/c10-8-6-11-5-7(8)9-3-1-2-4-12-9/h3,7-8,10H,1-2,4-6H2. The topological polar surface area (TPSA) is 38.7 Å². The van der Waals surface area contributed by atoms with Crippen LogP contribution >= 0.6 is 0 Å². The third-order valence-corrected chi connectivity index (χ3v) is 2.38. The Morgan fingerprint density at radius 2 is 2.33 bits per heavy atom. The van der Waals surface area contributed by atoms with Gasteiger partial charge in [0.1, 0.15) is 5.76 Å². The fourth-order valence-electron chi connectivity index (χ4n) is 1.65. The predicted octanol–water partition coefficient (Wildman–Crippen LogP) is 0.688. The Bertz CT molecular complexity index is 188. The van der Waals surface area contributed by atoms with Crippen molar-refractivity contribution in [1.29, 1.82) is 0 Å². The van der Waals surface area contributed by atoms with Gasteiger partial charge in [-0.2, -0.15) is 0 Å². The molecule has 2 rings (SSSR count). The smallest absolute Gasteiger partial charge is 0.100 e. The Labute approximate surface area is 72.0 Å². The van der Waals surface area contributed by atoms with Gasteiger partial charge in [0.05, 0.1) is 31.8 Å². The Kier molecular flexibility index (Phi) is 2.33. The van der Waals surface area contributed by atoms with Gasteiger partial charge in [-0.3, -0.25) is 0 Å². The summed E-state index contributed by atoms with van der Waals surface area (Å²) in [6, 6.07) is 0. The normalized spacial score (nSPS) is 35.9. The summed E-state index contributed by atoms with van der Waals surface area (Å²) in [7, 11) is 0. The van der Waals surface area contributed by atoms with Crippen LogP contribution in [0.2, 0.25) is 0 Å². The number of aliphatic hydroxyl groups excluding tert-OH is 1. The van der Waals surface area contributed by atoms with Crippen LogP contribution in [0.1, 0.15) is 12.8 Å². The van der Waals surface area contributed by atoms with Crippen molar-refractivity contribution in [3.63, 3.8) is 0 Å². The SMILES string of the molecule is OC1COCC1C1=CCCCO1. The van der Waals surface area contributed by atoms with E-state index in [2.05, 4.69) is 6.08 Å². The van der Waals surface area contributed by atoms with E-state index in [0.29, 0.717) is 13.2 Å². The van der Waals surface area contributed by atoms with Crippen LogP contribution in [0.25, 0.3) is 0 Å². The molecule has 2 aliphatic heterocycles. The van der Waals surface area contributed by atoms with Crippen LogP contribution in [-0.2, 0) is 9.47 Å². The lowest BCUT2D eigenvalue weighted by atomic mass is 10.0. The van der Waals surface area contributed by atoms with Crippen LogP contribution in [-0.4, -0.2) is 31.0 Å². The summed E-state index contributed by atoms with van der Waals surface area (Å²) in [6.07, 6.45) is 3.87. The lowest BCUT2D eigenvalue weighted by Crippen LogP contribution is -2.22. The number of aliphatic hydroxyl groups is 1. The summed E-state index contributed by atoms with van der Waals surface area (Å²) in [5, 5.41) is 9.50. The molecular formula is C9H14O3. The largest absolute Gasteiger partial charge is 0.498 e. The van der Waals surface area contributed by atoms with Gasteiger partial charge >= 0.3 is 0 Å². The molecule has 0 aromatic rings. The monoisotopic (exact) mass is 170 g/mol. The zero-order chi connectivity index (χ0) is 8.39.